The van der Waals surface area contributed by atoms with E-state index in [1.807, 2.05) is 5.57 Å². The molecule has 0 aliphatic heterocycles. The second-order valence-electron chi connectivity index (χ2n) is 18.0. The third kappa shape index (κ3) is 4.79. The van der Waals surface area contributed by atoms with Crippen LogP contribution >= 0.6 is 0 Å². The van der Waals surface area contributed by atoms with Crippen molar-refractivity contribution < 1.29 is 19.4 Å². The number of hydrogen-bond acceptors (Lipinski definition) is 4. The van der Waals surface area contributed by atoms with Crippen LogP contribution in [0.15, 0.2) is 35.9 Å². The van der Waals surface area contributed by atoms with Crippen molar-refractivity contribution in [3.63, 3.8) is 0 Å². The maximum atomic E-state index is 13.1. The molecule has 5 aliphatic rings. The number of hydrogen-bond donors (Lipinski definition) is 1. The fourth-order valence-electron chi connectivity index (χ4n) is 12.2. The van der Waals surface area contributed by atoms with Gasteiger partial charge in [0.05, 0.1) is 7.11 Å². The van der Waals surface area contributed by atoms with Crippen LogP contribution in [0.4, 0.5) is 0 Å². The molecule has 242 valence electrons. The summed E-state index contributed by atoms with van der Waals surface area (Å²) in [6.07, 6.45) is 18.4. The van der Waals surface area contributed by atoms with Crippen LogP contribution in [0.1, 0.15) is 125 Å². The van der Waals surface area contributed by atoms with Crippen molar-refractivity contribution in [2.24, 2.45) is 50.2 Å². The lowest BCUT2D eigenvalue weighted by atomic mass is 9.34. The summed E-state index contributed by atoms with van der Waals surface area (Å²) in [7, 11) is 1.52. The van der Waals surface area contributed by atoms with E-state index < -0.39 is 0 Å². The van der Waals surface area contributed by atoms with E-state index in [0.717, 1.165) is 24.3 Å². The molecule has 0 aromatic heterocycles. The van der Waals surface area contributed by atoms with Crippen molar-refractivity contribution in [3.05, 3.63) is 41.5 Å². The van der Waals surface area contributed by atoms with Crippen LogP contribution < -0.4 is 4.74 Å². The van der Waals surface area contributed by atoms with E-state index in [0.29, 0.717) is 33.8 Å². The quantitative estimate of drug-likeness (QED) is 0.212. The highest BCUT2D eigenvalue weighted by molar-refractivity contribution is 5.87. The Kier molecular flexibility index (Phi) is 7.50. The molecule has 0 amide bonds. The van der Waals surface area contributed by atoms with E-state index in [9.17, 15) is 9.90 Å². The van der Waals surface area contributed by atoms with Gasteiger partial charge in [-0.15, -0.1) is 0 Å². The molecule has 5 aliphatic carbocycles. The summed E-state index contributed by atoms with van der Waals surface area (Å²) < 4.78 is 11.5. The number of aromatic hydroxyl groups is 1. The molecule has 44 heavy (non-hydrogen) atoms. The Morgan fingerprint density at radius 2 is 1.55 bits per heavy atom. The van der Waals surface area contributed by atoms with Crippen LogP contribution in [0.5, 0.6) is 11.5 Å². The Hall–Kier alpha value is -2.23. The molecule has 1 aromatic rings. The van der Waals surface area contributed by atoms with Crippen LogP contribution in [-0.4, -0.2) is 24.3 Å². The predicted molar refractivity (Wildman–Crippen MR) is 178 cm³/mol. The number of fused-ring (bicyclic) bond motifs is 7. The number of allylic oxidation sites excluding steroid dienone is 2. The van der Waals surface area contributed by atoms with Gasteiger partial charge in [-0.05, 0) is 133 Å². The molecule has 0 radical (unpaired) electrons. The first-order valence-electron chi connectivity index (χ1n) is 17.5. The van der Waals surface area contributed by atoms with Crippen LogP contribution in [0.2, 0.25) is 0 Å². The van der Waals surface area contributed by atoms with E-state index in [1.165, 1.54) is 64.6 Å². The van der Waals surface area contributed by atoms with E-state index in [-0.39, 0.29) is 34.1 Å². The first-order chi connectivity index (χ1) is 20.5. The number of carbonyl (C=O) groups excluding carboxylic acids is 1. The normalized spacial score (nSPS) is 42.2. The second-order valence-corrected chi connectivity index (χ2v) is 18.0. The lowest BCUT2D eigenvalue weighted by Crippen LogP contribution is -2.63. The van der Waals surface area contributed by atoms with E-state index >= 15 is 0 Å². The Morgan fingerprint density at radius 1 is 0.864 bits per heavy atom. The molecule has 8 atom stereocenters. The van der Waals surface area contributed by atoms with Gasteiger partial charge in [0.2, 0.25) is 0 Å². The molecule has 0 unspecified atom stereocenters. The number of ether oxygens (including phenoxy) is 2. The fourth-order valence-corrected chi connectivity index (χ4v) is 12.2. The van der Waals surface area contributed by atoms with Gasteiger partial charge in [-0.1, -0.05) is 73.1 Å². The maximum Gasteiger partial charge on any atom is 0.331 e. The Balaban J connectivity index is 1.21. The first kappa shape index (κ1) is 31.7. The topological polar surface area (TPSA) is 55.8 Å². The summed E-state index contributed by atoms with van der Waals surface area (Å²) in [6, 6.07) is 5.07. The minimum Gasteiger partial charge on any atom is -0.504 e. The Bertz CT molecular complexity index is 1370. The summed E-state index contributed by atoms with van der Waals surface area (Å²) in [5.74, 6) is 2.16. The van der Waals surface area contributed by atoms with Gasteiger partial charge >= 0.3 is 5.97 Å². The zero-order valence-electron chi connectivity index (χ0n) is 29.0. The van der Waals surface area contributed by atoms with Gasteiger partial charge in [0.1, 0.15) is 6.10 Å². The predicted octanol–water partition coefficient (Wildman–Crippen LogP) is 10.1. The number of benzene rings is 1. The second kappa shape index (κ2) is 10.4. The lowest BCUT2D eigenvalue weighted by Gasteiger charge is -2.70. The smallest absolute Gasteiger partial charge is 0.331 e. The van der Waals surface area contributed by atoms with Crippen molar-refractivity contribution in [1.29, 1.82) is 0 Å². The van der Waals surface area contributed by atoms with Gasteiger partial charge in [-0.2, -0.15) is 0 Å². The molecule has 1 N–H and O–H groups in total. The molecule has 4 heteroatoms. The summed E-state index contributed by atoms with van der Waals surface area (Å²) in [5, 5.41) is 9.89. The first-order valence-corrected chi connectivity index (χ1v) is 17.5. The number of esters is 1. The van der Waals surface area contributed by atoms with Crippen molar-refractivity contribution in [2.75, 3.05) is 7.11 Å². The number of phenols is 1. The van der Waals surface area contributed by atoms with Gasteiger partial charge in [-0.3, -0.25) is 0 Å². The van der Waals surface area contributed by atoms with Gasteiger partial charge in [0.15, 0.2) is 11.5 Å². The molecule has 0 spiro atoms. The van der Waals surface area contributed by atoms with E-state index in [4.69, 9.17) is 9.47 Å². The Labute approximate surface area is 267 Å². The average molecular weight is 603 g/mol. The minimum absolute atomic E-state index is 0.0848. The fraction of sp³-hybridized carbons (Fsp3) is 0.725. The highest BCUT2D eigenvalue weighted by atomic mass is 16.5. The Morgan fingerprint density at radius 3 is 2.25 bits per heavy atom. The van der Waals surface area contributed by atoms with Crippen LogP contribution in [-0.2, 0) is 9.53 Å². The zero-order valence-corrected chi connectivity index (χ0v) is 29.0. The van der Waals surface area contributed by atoms with Crippen LogP contribution in [0.3, 0.4) is 0 Å². The van der Waals surface area contributed by atoms with Crippen LogP contribution in [0, 0.1) is 50.2 Å². The van der Waals surface area contributed by atoms with Crippen LogP contribution in [0.25, 0.3) is 6.08 Å². The van der Waals surface area contributed by atoms with E-state index in [2.05, 4.69) is 61.5 Å². The minimum atomic E-state index is -0.293. The monoisotopic (exact) mass is 602 g/mol. The van der Waals surface area contributed by atoms with Crippen molar-refractivity contribution in [2.45, 2.75) is 126 Å². The molecule has 0 bridgehead atoms. The van der Waals surface area contributed by atoms with Gasteiger partial charge in [-0.25, -0.2) is 4.79 Å². The molecule has 4 fully saturated rings. The largest absolute Gasteiger partial charge is 0.504 e. The summed E-state index contributed by atoms with van der Waals surface area (Å²) in [4.78, 5) is 13.1. The van der Waals surface area contributed by atoms with Crippen molar-refractivity contribution in [3.8, 4) is 11.5 Å². The lowest BCUT2D eigenvalue weighted by molar-refractivity contribution is -0.197. The molecular weight excluding hydrogens is 544 g/mol. The SMILES string of the molecule is COc1cc(/C=C\C(=O)O[C@H]2CC[C@]3(C)[C@H]4CC[C@]5(C)C(=CC[C@@]6(C)CCC(C)(C)C[C@H]65)[C@]4(C)CC[C@H]3C2(C)C)ccc1O. The van der Waals surface area contributed by atoms with Crippen molar-refractivity contribution in [1.82, 2.24) is 0 Å². The van der Waals surface area contributed by atoms with E-state index in [1.54, 1.807) is 24.3 Å². The molecule has 0 heterocycles. The number of carbonyl (C=O) groups is 1. The number of methoxy groups -OCH3 is 1. The van der Waals surface area contributed by atoms with Gasteiger partial charge in [0.25, 0.3) is 0 Å². The van der Waals surface area contributed by atoms with Gasteiger partial charge < -0.3 is 14.6 Å². The number of rotatable bonds is 4. The summed E-state index contributed by atoms with van der Waals surface area (Å²) in [5.41, 5.74) is 4.23. The highest BCUT2D eigenvalue weighted by Gasteiger charge is 2.67. The number of phenolic OH excluding ortho intramolecular Hbond substituents is 1. The standard InChI is InChI=1S/C40H58O4/c1-35(2)22-23-37(5)18-14-30-39(7)19-15-29-36(3,4)33(44-34(42)13-11-26-10-12-27(41)28(24-26)43-9)17-21-38(29,6)31(39)16-20-40(30,8)32(37)25-35/h10-14,24,29,31-33,41H,15-23,25H2,1-9H3/b13-11-/t29-,31+,32+,33-,37-,38-,39-,40+/m0/s1. The molecular formula is C40H58O4. The molecule has 4 nitrogen and oxygen atoms in total. The van der Waals surface area contributed by atoms with Crippen molar-refractivity contribution >= 4 is 12.0 Å². The highest BCUT2D eigenvalue weighted by Crippen LogP contribution is 2.75. The molecule has 6 rings (SSSR count). The molecule has 1 aromatic carbocycles. The summed E-state index contributed by atoms with van der Waals surface area (Å²) >= 11 is 0. The molecule has 0 saturated heterocycles. The molecule has 4 saturated carbocycles. The summed E-state index contributed by atoms with van der Waals surface area (Å²) in [6.45, 7) is 20.3. The third-order valence-electron chi connectivity index (χ3n) is 14.6. The zero-order chi connectivity index (χ0) is 31.9. The average Bonchev–Trinajstić information content (AvgIpc) is 2.94. The maximum absolute atomic E-state index is 13.1. The van der Waals surface area contributed by atoms with Gasteiger partial charge in [0, 0.05) is 11.5 Å². The third-order valence-corrected chi connectivity index (χ3v) is 14.6.